The van der Waals surface area contributed by atoms with E-state index in [1.807, 2.05) is 50.2 Å². The fraction of sp³-hybridized carbons (Fsp3) is 0.314. The number of aryl methyl sites for hydroxylation is 4. The third-order valence-electron chi connectivity index (χ3n) is 8.22. The Bertz CT molecular complexity index is 1440. The summed E-state index contributed by atoms with van der Waals surface area (Å²) in [6.07, 6.45) is 3.01. The Hall–Kier alpha value is -4.24. The lowest BCUT2D eigenvalue weighted by atomic mass is 9.79. The van der Waals surface area contributed by atoms with Crippen molar-refractivity contribution in [3.05, 3.63) is 116 Å². The Morgan fingerprint density at radius 1 is 0.721 bits per heavy atom. The number of nitrogens with one attached hydrogen (secondary N) is 4. The van der Waals surface area contributed by atoms with Gasteiger partial charge >= 0.3 is 0 Å². The van der Waals surface area contributed by atoms with E-state index in [4.69, 9.17) is 0 Å². The summed E-state index contributed by atoms with van der Waals surface area (Å²) < 4.78 is 0. The lowest BCUT2D eigenvalue weighted by molar-refractivity contribution is -0.991. The average molecular weight is 583 g/mol. The number of amides is 2. The van der Waals surface area contributed by atoms with E-state index in [1.54, 1.807) is 12.1 Å². The molecule has 4 rings (SSSR count). The van der Waals surface area contributed by atoms with Crippen molar-refractivity contribution in [3.63, 3.8) is 0 Å². The van der Waals surface area contributed by atoms with Crippen LogP contribution in [0, 0.1) is 5.21 Å². The molecule has 0 spiro atoms. The highest BCUT2D eigenvalue weighted by molar-refractivity contribution is 6.12. The Morgan fingerprint density at radius 3 is 1.42 bits per heavy atom. The molecule has 1 heterocycles. The molecule has 0 saturated heterocycles. The first-order valence-electron chi connectivity index (χ1n) is 15.0. The van der Waals surface area contributed by atoms with E-state index in [2.05, 4.69) is 43.6 Å². The lowest BCUT2D eigenvalue weighted by Crippen LogP contribution is -2.99. The molecule has 226 valence electrons. The van der Waals surface area contributed by atoms with Gasteiger partial charge in [0.05, 0.1) is 0 Å². The molecule has 1 aliphatic heterocycles. The molecule has 1 atom stereocenters. The molecular formula is C35H42N4O4. The van der Waals surface area contributed by atoms with E-state index in [-0.39, 0.29) is 17.5 Å². The van der Waals surface area contributed by atoms with Gasteiger partial charge in [-0.1, -0.05) is 76.2 Å². The third kappa shape index (κ3) is 6.57. The zero-order valence-corrected chi connectivity index (χ0v) is 25.9. The van der Waals surface area contributed by atoms with Crippen LogP contribution in [0.3, 0.4) is 0 Å². The van der Waals surface area contributed by atoms with Crippen LogP contribution in [-0.2, 0) is 35.3 Å². The van der Waals surface area contributed by atoms with Crippen molar-refractivity contribution < 1.29 is 20.0 Å². The number of rotatable bonds is 10. The van der Waals surface area contributed by atoms with Crippen LogP contribution < -0.4 is 21.2 Å². The molecule has 0 aliphatic carbocycles. The first-order chi connectivity index (χ1) is 20.6. The number of carbonyl (C=O) groups is 2. The van der Waals surface area contributed by atoms with E-state index in [9.17, 15) is 20.0 Å². The molecule has 0 fully saturated rings. The van der Waals surface area contributed by atoms with Gasteiger partial charge in [-0.15, -0.1) is 0 Å². The van der Waals surface area contributed by atoms with Gasteiger partial charge in [0.25, 0.3) is 11.8 Å². The number of dihydropyridines is 1. The Labute approximate surface area is 254 Å². The molecule has 8 nitrogen and oxygen atoms in total. The maximum Gasteiger partial charge on any atom is 0.254 e. The quantitative estimate of drug-likeness (QED) is 0.192. The summed E-state index contributed by atoms with van der Waals surface area (Å²) in [6.45, 7) is 11.9. The van der Waals surface area contributed by atoms with Gasteiger partial charge in [0.1, 0.15) is 0 Å². The van der Waals surface area contributed by atoms with Crippen LogP contribution in [0.2, 0.25) is 0 Å². The molecule has 1 unspecified atom stereocenters. The van der Waals surface area contributed by atoms with Crippen molar-refractivity contribution in [3.8, 4) is 0 Å². The summed E-state index contributed by atoms with van der Waals surface area (Å²) in [7, 11) is 0. The second-order valence-electron chi connectivity index (χ2n) is 10.8. The molecule has 43 heavy (non-hydrogen) atoms. The van der Waals surface area contributed by atoms with E-state index in [0.29, 0.717) is 28.1 Å². The fourth-order valence-corrected chi connectivity index (χ4v) is 5.92. The number of carbonyl (C=O) groups excluding carboxylic acids is 2. The molecule has 3 aromatic carbocycles. The maximum absolute atomic E-state index is 14.2. The molecule has 8 heteroatoms. The van der Waals surface area contributed by atoms with Crippen molar-refractivity contribution >= 4 is 28.9 Å². The normalized spacial score (nSPS) is 14.4. The van der Waals surface area contributed by atoms with Crippen molar-refractivity contribution in [1.82, 2.24) is 5.32 Å². The van der Waals surface area contributed by atoms with Crippen LogP contribution in [0.15, 0.2) is 83.2 Å². The minimum atomic E-state index is -1.04. The second-order valence-corrected chi connectivity index (χ2v) is 10.8. The van der Waals surface area contributed by atoms with Crippen LogP contribution >= 0.6 is 0 Å². The van der Waals surface area contributed by atoms with E-state index in [1.165, 1.54) is 12.1 Å². The zero-order valence-electron chi connectivity index (χ0n) is 25.9. The van der Waals surface area contributed by atoms with Gasteiger partial charge in [-0.3, -0.25) is 9.59 Å². The summed E-state index contributed by atoms with van der Waals surface area (Å²) >= 11 is 0. The summed E-state index contributed by atoms with van der Waals surface area (Å²) in [6, 6.07) is 18.4. The second kappa shape index (κ2) is 13.8. The highest BCUT2D eigenvalue weighted by Crippen LogP contribution is 2.40. The lowest BCUT2D eigenvalue weighted by Gasteiger charge is -2.32. The topological polar surface area (TPSA) is 118 Å². The zero-order chi connectivity index (χ0) is 31.3. The summed E-state index contributed by atoms with van der Waals surface area (Å²) in [5, 5.41) is 29.8. The van der Waals surface area contributed by atoms with Gasteiger partial charge in [0.15, 0.2) is 5.69 Å². The first-order valence-corrected chi connectivity index (χ1v) is 15.0. The fourth-order valence-electron chi connectivity index (χ4n) is 5.92. The third-order valence-corrected chi connectivity index (χ3v) is 8.22. The predicted molar refractivity (Wildman–Crippen MR) is 171 cm³/mol. The summed E-state index contributed by atoms with van der Waals surface area (Å²) in [5.41, 5.74) is 8.58. The van der Waals surface area contributed by atoms with Crippen LogP contribution in [-0.4, -0.2) is 17.0 Å². The number of hydrogen-bond acceptors (Lipinski definition) is 5. The van der Waals surface area contributed by atoms with Crippen molar-refractivity contribution in [2.24, 2.45) is 0 Å². The minimum Gasteiger partial charge on any atom is -0.595 e. The van der Waals surface area contributed by atoms with Gasteiger partial charge in [-0.2, -0.15) is 5.23 Å². The molecule has 1 aliphatic rings. The highest BCUT2D eigenvalue weighted by Gasteiger charge is 2.37. The van der Waals surface area contributed by atoms with Gasteiger partial charge in [-0.05, 0) is 67.3 Å². The molecular weight excluding hydrogens is 540 g/mol. The van der Waals surface area contributed by atoms with E-state index in [0.717, 1.165) is 59.3 Å². The monoisotopic (exact) mass is 582 g/mol. The van der Waals surface area contributed by atoms with Crippen LogP contribution in [0.25, 0.3) is 0 Å². The molecule has 0 radical (unpaired) electrons. The predicted octanol–water partition coefficient (Wildman–Crippen LogP) is 5.85. The van der Waals surface area contributed by atoms with Crippen molar-refractivity contribution in [1.29, 1.82) is 0 Å². The molecule has 0 saturated carbocycles. The number of para-hydroxylation sites is 2. The summed E-state index contributed by atoms with van der Waals surface area (Å²) in [5.74, 6) is -1.36. The minimum absolute atomic E-state index is 0.130. The summed E-state index contributed by atoms with van der Waals surface area (Å²) in [4.78, 5) is 28.5. The largest absolute Gasteiger partial charge is 0.595 e. The standard InChI is InChI=1S/C35H42N4O4/c1-7-23-13-11-14-24(8-2)32(23)37-34(40)29-21(5)36-22(6)30(31(29)27-17-19-28(20-18-27)39(42)43)35(41)38-33-25(9-3)15-12-16-26(33)10-4/h11-20,31,36,39,42H,7-10H2,1-6H3,(H,37,40)(H,38,41). The van der Waals surface area contributed by atoms with Crippen LogP contribution in [0.5, 0.6) is 0 Å². The number of allylic oxidation sites excluding steroid dienone is 2. The van der Waals surface area contributed by atoms with Crippen molar-refractivity contribution in [2.75, 3.05) is 10.6 Å². The SMILES string of the molecule is CCc1cccc(CC)c1NC(=O)C1=C(C)NC(C)=C(C(=O)Nc2c(CC)cccc2CC)C1c1ccc([NH+]([O-])O)cc1. The molecule has 5 N–H and O–H groups in total. The molecule has 0 aromatic heterocycles. The van der Waals surface area contributed by atoms with Crippen LogP contribution in [0.4, 0.5) is 17.1 Å². The Kier molecular flexibility index (Phi) is 10.2. The Balaban J connectivity index is 1.84. The molecule has 0 bridgehead atoms. The number of quaternary nitrogens is 1. The maximum atomic E-state index is 14.2. The van der Waals surface area contributed by atoms with Crippen LogP contribution in [0.1, 0.15) is 75.3 Å². The number of anilines is 2. The smallest absolute Gasteiger partial charge is 0.254 e. The average Bonchev–Trinajstić information content (AvgIpc) is 3.00. The number of hydrogen-bond donors (Lipinski definition) is 5. The first kappa shape index (κ1) is 31.7. The molecule has 3 aromatic rings. The van der Waals surface area contributed by atoms with E-state index < -0.39 is 11.1 Å². The number of benzene rings is 3. The highest BCUT2D eigenvalue weighted by atomic mass is 16.8. The van der Waals surface area contributed by atoms with Gasteiger partial charge in [0, 0.05) is 52.0 Å². The van der Waals surface area contributed by atoms with E-state index >= 15 is 0 Å². The van der Waals surface area contributed by atoms with Gasteiger partial charge < -0.3 is 21.2 Å². The molecule has 2 amide bonds. The van der Waals surface area contributed by atoms with Crippen molar-refractivity contribution in [2.45, 2.75) is 73.1 Å². The van der Waals surface area contributed by atoms with Gasteiger partial charge in [-0.25, -0.2) is 5.21 Å². The van der Waals surface area contributed by atoms with Gasteiger partial charge in [0.2, 0.25) is 0 Å². The Morgan fingerprint density at radius 2 is 1.09 bits per heavy atom.